The van der Waals surface area contributed by atoms with Crippen LogP contribution in [0.15, 0.2) is 24.3 Å². The third-order valence-corrected chi connectivity index (χ3v) is 4.61. The van der Waals surface area contributed by atoms with Crippen LogP contribution in [0.4, 0.5) is 17.5 Å². The molecule has 23 heavy (non-hydrogen) atoms. The van der Waals surface area contributed by atoms with E-state index in [2.05, 4.69) is 21.3 Å². The minimum Gasteiger partial charge on any atom is -0.356 e. The summed E-state index contributed by atoms with van der Waals surface area (Å²) in [7, 11) is 0. The highest BCUT2D eigenvalue weighted by atomic mass is 35.5. The van der Waals surface area contributed by atoms with Crippen molar-refractivity contribution in [1.82, 2.24) is 9.97 Å². The molecule has 1 fully saturated rings. The fraction of sp³-hybridized carbons (Fsp3) is 0.444. The van der Waals surface area contributed by atoms with Crippen LogP contribution in [0.5, 0.6) is 0 Å². The number of aryl methyl sites for hydroxylation is 2. The summed E-state index contributed by atoms with van der Waals surface area (Å²) in [5.74, 6) is 1.64. The summed E-state index contributed by atoms with van der Waals surface area (Å²) in [5, 5.41) is 4.02. The van der Waals surface area contributed by atoms with Gasteiger partial charge in [-0.15, -0.1) is 0 Å². The molecule has 0 amide bonds. The fourth-order valence-corrected chi connectivity index (χ4v) is 3.05. The van der Waals surface area contributed by atoms with Gasteiger partial charge >= 0.3 is 0 Å². The zero-order chi connectivity index (χ0) is 16.2. The number of aromatic nitrogens is 2. The zero-order valence-corrected chi connectivity index (χ0v) is 14.5. The van der Waals surface area contributed by atoms with Crippen LogP contribution >= 0.6 is 11.6 Å². The average Bonchev–Trinajstić information content (AvgIpc) is 2.80. The molecule has 0 radical (unpaired) electrons. The van der Waals surface area contributed by atoms with Gasteiger partial charge in [-0.2, -0.15) is 4.98 Å². The van der Waals surface area contributed by atoms with Crippen molar-refractivity contribution in [3.8, 4) is 0 Å². The van der Waals surface area contributed by atoms with E-state index < -0.39 is 0 Å². The van der Waals surface area contributed by atoms with Gasteiger partial charge in [-0.1, -0.05) is 30.5 Å². The van der Waals surface area contributed by atoms with Crippen LogP contribution in [0, 0.1) is 13.8 Å². The zero-order valence-electron chi connectivity index (χ0n) is 13.8. The molecule has 0 saturated carbocycles. The maximum Gasteiger partial charge on any atom is 0.229 e. The van der Waals surface area contributed by atoms with Crippen molar-refractivity contribution in [3.63, 3.8) is 0 Å². The number of hydrogen-bond acceptors (Lipinski definition) is 4. The van der Waals surface area contributed by atoms with Gasteiger partial charge in [-0.25, -0.2) is 4.98 Å². The van der Waals surface area contributed by atoms with E-state index in [9.17, 15) is 0 Å². The fourth-order valence-electron chi connectivity index (χ4n) is 2.87. The van der Waals surface area contributed by atoms with Crippen LogP contribution in [-0.2, 0) is 0 Å². The number of rotatable bonds is 3. The summed E-state index contributed by atoms with van der Waals surface area (Å²) in [6, 6.07) is 7.97. The molecule has 1 aliphatic rings. The van der Waals surface area contributed by atoms with Crippen molar-refractivity contribution in [3.05, 3.63) is 40.5 Å². The first kappa shape index (κ1) is 16.1. The van der Waals surface area contributed by atoms with Gasteiger partial charge in [0.25, 0.3) is 0 Å². The minimum atomic E-state index is 0.629. The summed E-state index contributed by atoms with van der Waals surface area (Å²) in [6.07, 6.45) is 5.10. The number of hydrogen-bond donors (Lipinski definition) is 1. The van der Waals surface area contributed by atoms with Crippen LogP contribution in [-0.4, -0.2) is 23.1 Å². The summed E-state index contributed by atoms with van der Waals surface area (Å²) < 4.78 is 0. The Kier molecular flexibility index (Phi) is 5.01. The first-order valence-electron chi connectivity index (χ1n) is 8.25. The lowest BCUT2D eigenvalue weighted by Crippen LogP contribution is -2.25. The standard InChI is InChI=1S/C18H23ClN4/c1-13-7-8-15(12-16(13)19)21-18-20-14(2)11-17(22-18)23-9-5-3-4-6-10-23/h7-8,11-12H,3-6,9-10H2,1-2H3,(H,20,21,22). The molecule has 1 N–H and O–H groups in total. The van der Waals surface area contributed by atoms with Crippen molar-refractivity contribution in [2.24, 2.45) is 0 Å². The lowest BCUT2D eigenvalue weighted by molar-refractivity contribution is 0.726. The van der Waals surface area contributed by atoms with E-state index >= 15 is 0 Å². The molecule has 0 spiro atoms. The van der Waals surface area contributed by atoms with Crippen LogP contribution in [0.1, 0.15) is 36.9 Å². The lowest BCUT2D eigenvalue weighted by atomic mass is 10.2. The third kappa shape index (κ3) is 4.14. The van der Waals surface area contributed by atoms with Gasteiger partial charge in [0.15, 0.2) is 0 Å². The van der Waals surface area contributed by atoms with Crippen molar-refractivity contribution in [2.75, 3.05) is 23.3 Å². The summed E-state index contributed by atoms with van der Waals surface area (Å²) in [4.78, 5) is 11.6. The Bertz CT molecular complexity index is 679. The van der Waals surface area contributed by atoms with Gasteiger partial charge in [0, 0.05) is 35.6 Å². The van der Waals surface area contributed by atoms with E-state index in [1.165, 1.54) is 25.7 Å². The molecule has 5 heteroatoms. The van der Waals surface area contributed by atoms with E-state index in [4.69, 9.17) is 16.6 Å². The largest absolute Gasteiger partial charge is 0.356 e. The van der Waals surface area contributed by atoms with Gasteiger partial charge in [0.2, 0.25) is 5.95 Å². The van der Waals surface area contributed by atoms with Crippen molar-refractivity contribution >= 4 is 29.1 Å². The number of halogens is 1. The minimum absolute atomic E-state index is 0.629. The Balaban J connectivity index is 1.83. The van der Waals surface area contributed by atoms with Crippen LogP contribution in [0.2, 0.25) is 5.02 Å². The number of nitrogens with zero attached hydrogens (tertiary/aromatic N) is 3. The smallest absolute Gasteiger partial charge is 0.229 e. The predicted molar refractivity (Wildman–Crippen MR) is 96.9 cm³/mol. The van der Waals surface area contributed by atoms with Gasteiger partial charge in [-0.3, -0.25) is 0 Å². The lowest BCUT2D eigenvalue weighted by Gasteiger charge is -2.22. The molecule has 2 heterocycles. The first-order valence-corrected chi connectivity index (χ1v) is 8.63. The van der Waals surface area contributed by atoms with Gasteiger partial charge in [0.1, 0.15) is 5.82 Å². The second kappa shape index (κ2) is 7.18. The van der Waals surface area contributed by atoms with E-state index in [0.29, 0.717) is 5.95 Å². The third-order valence-electron chi connectivity index (χ3n) is 4.20. The monoisotopic (exact) mass is 330 g/mol. The molecular formula is C18H23ClN4. The van der Waals surface area contributed by atoms with Crippen LogP contribution in [0.25, 0.3) is 0 Å². The maximum absolute atomic E-state index is 6.19. The molecule has 0 atom stereocenters. The van der Waals surface area contributed by atoms with Gasteiger partial charge in [0.05, 0.1) is 0 Å². The summed E-state index contributed by atoms with van der Waals surface area (Å²) >= 11 is 6.19. The van der Waals surface area contributed by atoms with Crippen LogP contribution < -0.4 is 10.2 Å². The molecule has 1 aliphatic heterocycles. The maximum atomic E-state index is 6.19. The Morgan fingerprint density at radius 3 is 2.43 bits per heavy atom. The topological polar surface area (TPSA) is 41.1 Å². The van der Waals surface area contributed by atoms with E-state index in [0.717, 1.165) is 40.9 Å². The van der Waals surface area contributed by atoms with Crippen LogP contribution in [0.3, 0.4) is 0 Å². The second-order valence-electron chi connectivity index (χ2n) is 6.18. The quantitative estimate of drug-likeness (QED) is 0.871. The highest BCUT2D eigenvalue weighted by molar-refractivity contribution is 6.31. The highest BCUT2D eigenvalue weighted by Gasteiger charge is 2.13. The predicted octanol–water partition coefficient (Wildman–Crippen LogP) is 4.87. The Morgan fingerprint density at radius 2 is 1.74 bits per heavy atom. The molecule has 3 rings (SSSR count). The van der Waals surface area contributed by atoms with E-state index in [1.54, 1.807) is 0 Å². The molecule has 0 unspecified atom stereocenters. The average molecular weight is 331 g/mol. The summed E-state index contributed by atoms with van der Waals surface area (Å²) in [6.45, 7) is 6.15. The molecule has 0 aliphatic carbocycles. The first-order chi connectivity index (χ1) is 11.1. The Morgan fingerprint density at radius 1 is 1.00 bits per heavy atom. The molecule has 2 aromatic rings. The molecule has 1 aromatic heterocycles. The number of benzene rings is 1. The van der Waals surface area contributed by atoms with Gasteiger partial charge in [-0.05, 0) is 44.4 Å². The van der Waals surface area contributed by atoms with Crippen molar-refractivity contribution in [1.29, 1.82) is 0 Å². The molecule has 4 nitrogen and oxygen atoms in total. The normalized spacial score (nSPS) is 15.3. The molecule has 122 valence electrons. The second-order valence-corrected chi connectivity index (χ2v) is 6.59. The van der Waals surface area contributed by atoms with Crippen molar-refractivity contribution < 1.29 is 0 Å². The Hall–Kier alpha value is -1.81. The molecule has 0 bridgehead atoms. The van der Waals surface area contributed by atoms with E-state index in [1.807, 2.05) is 32.0 Å². The summed E-state index contributed by atoms with van der Waals surface area (Å²) in [5.41, 5.74) is 2.95. The highest BCUT2D eigenvalue weighted by Crippen LogP contribution is 2.24. The van der Waals surface area contributed by atoms with E-state index in [-0.39, 0.29) is 0 Å². The Labute approximate surface area is 142 Å². The SMILES string of the molecule is Cc1cc(N2CCCCCC2)nc(Nc2ccc(C)c(Cl)c2)n1. The molecule has 1 saturated heterocycles. The number of nitrogens with one attached hydrogen (secondary N) is 1. The van der Waals surface area contributed by atoms with Crippen molar-refractivity contribution in [2.45, 2.75) is 39.5 Å². The molecule has 1 aromatic carbocycles. The van der Waals surface area contributed by atoms with Gasteiger partial charge < -0.3 is 10.2 Å². The molecular weight excluding hydrogens is 308 g/mol. The number of anilines is 3.